The number of anilines is 2. The van der Waals surface area contributed by atoms with Gasteiger partial charge in [-0.15, -0.1) is 0 Å². The molecule has 0 saturated carbocycles. The van der Waals surface area contributed by atoms with Crippen LogP contribution in [0.2, 0.25) is 0 Å². The van der Waals surface area contributed by atoms with Crippen molar-refractivity contribution in [1.29, 1.82) is 0 Å². The number of nitrogens with one attached hydrogen (secondary N) is 1. The van der Waals surface area contributed by atoms with Gasteiger partial charge in [0, 0.05) is 30.5 Å². The van der Waals surface area contributed by atoms with Crippen LogP contribution < -0.4 is 10.2 Å². The number of pyridine rings is 1. The molecule has 1 aromatic heterocycles. The first-order valence-corrected chi connectivity index (χ1v) is 9.56. The van der Waals surface area contributed by atoms with Gasteiger partial charge < -0.3 is 10.2 Å². The van der Waals surface area contributed by atoms with Crippen molar-refractivity contribution >= 4 is 17.4 Å². The van der Waals surface area contributed by atoms with E-state index in [0.717, 1.165) is 24.6 Å². The molecule has 2 aromatic rings. The van der Waals surface area contributed by atoms with E-state index in [9.17, 15) is 4.79 Å². The third-order valence-corrected chi connectivity index (χ3v) is 4.95. The third-order valence-electron chi connectivity index (χ3n) is 4.95. The van der Waals surface area contributed by atoms with E-state index in [4.69, 9.17) is 0 Å². The van der Waals surface area contributed by atoms with E-state index in [-0.39, 0.29) is 11.3 Å². The summed E-state index contributed by atoms with van der Waals surface area (Å²) in [5.74, 6) is 0.814. The number of rotatable bonds is 3. The van der Waals surface area contributed by atoms with Crippen molar-refractivity contribution in [3.63, 3.8) is 0 Å². The molecule has 1 saturated heterocycles. The van der Waals surface area contributed by atoms with Gasteiger partial charge in [0.25, 0.3) is 5.91 Å². The zero-order valence-electron chi connectivity index (χ0n) is 16.1. The molecule has 2 heterocycles. The van der Waals surface area contributed by atoms with Crippen LogP contribution >= 0.6 is 0 Å². The lowest BCUT2D eigenvalue weighted by molar-refractivity contribution is 0.102. The van der Waals surface area contributed by atoms with Gasteiger partial charge in [0.2, 0.25) is 0 Å². The lowest BCUT2D eigenvalue weighted by atomic mass is 9.87. The lowest BCUT2D eigenvalue weighted by Crippen LogP contribution is -2.25. The molecule has 0 radical (unpaired) electrons. The van der Waals surface area contributed by atoms with E-state index in [2.05, 4.69) is 48.1 Å². The van der Waals surface area contributed by atoms with Crippen LogP contribution in [0.5, 0.6) is 0 Å². The third kappa shape index (κ3) is 4.63. The van der Waals surface area contributed by atoms with Gasteiger partial charge in [-0.05, 0) is 48.1 Å². The summed E-state index contributed by atoms with van der Waals surface area (Å²) in [6, 6.07) is 11.8. The Balaban J connectivity index is 1.70. The van der Waals surface area contributed by atoms with Crippen LogP contribution in [0, 0.1) is 0 Å². The Hall–Kier alpha value is -2.36. The van der Waals surface area contributed by atoms with Crippen molar-refractivity contribution < 1.29 is 4.79 Å². The Labute approximate surface area is 156 Å². The number of benzene rings is 1. The molecule has 138 valence electrons. The predicted octanol–water partition coefficient (Wildman–Crippen LogP) is 5.01. The summed E-state index contributed by atoms with van der Waals surface area (Å²) in [5, 5.41) is 2.99. The second-order valence-electron chi connectivity index (χ2n) is 8.09. The maximum Gasteiger partial charge on any atom is 0.255 e. The molecule has 1 N–H and O–H groups in total. The molecule has 1 amide bonds. The maximum atomic E-state index is 12.6. The lowest BCUT2D eigenvalue weighted by Gasteiger charge is -2.21. The van der Waals surface area contributed by atoms with E-state index >= 15 is 0 Å². The minimum Gasteiger partial charge on any atom is -0.357 e. The van der Waals surface area contributed by atoms with Gasteiger partial charge in [-0.3, -0.25) is 4.79 Å². The van der Waals surface area contributed by atoms with Crippen molar-refractivity contribution in [1.82, 2.24) is 4.98 Å². The highest BCUT2D eigenvalue weighted by atomic mass is 16.1. The highest BCUT2D eigenvalue weighted by Crippen LogP contribution is 2.24. The first-order valence-electron chi connectivity index (χ1n) is 9.56. The van der Waals surface area contributed by atoms with Gasteiger partial charge in [-0.1, -0.05) is 45.7 Å². The van der Waals surface area contributed by atoms with Crippen LogP contribution in [-0.2, 0) is 5.41 Å². The van der Waals surface area contributed by atoms with Gasteiger partial charge in [0.15, 0.2) is 0 Å². The number of hydrogen-bond donors (Lipinski definition) is 1. The van der Waals surface area contributed by atoms with Crippen LogP contribution in [0.4, 0.5) is 11.5 Å². The van der Waals surface area contributed by atoms with E-state index in [1.54, 1.807) is 12.3 Å². The molecule has 3 rings (SSSR count). The fourth-order valence-corrected chi connectivity index (χ4v) is 3.29. The van der Waals surface area contributed by atoms with Gasteiger partial charge in [-0.25, -0.2) is 4.98 Å². The first-order chi connectivity index (χ1) is 12.4. The van der Waals surface area contributed by atoms with E-state index in [0.29, 0.717) is 5.56 Å². The second-order valence-corrected chi connectivity index (χ2v) is 8.09. The van der Waals surface area contributed by atoms with Crippen molar-refractivity contribution in [3.05, 3.63) is 53.7 Å². The number of carbonyl (C=O) groups excluding carboxylic acids is 1. The van der Waals surface area contributed by atoms with Crippen molar-refractivity contribution in [2.75, 3.05) is 23.3 Å². The monoisotopic (exact) mass is 351 g/mol. The second kappa shape index (κ2) is 7.90. The Morgan fingerprint density at radius 2 is 1.65 bits per heavy atom. The molecule has 1 aliphatic heterocycles. The SMILES string of the molecule is CC(C)(C)c1ccc(NC(=O)c2ccnc(N3CCCCCC3)c2)cc1. The number of carbonyl (C=O) groups is 1. The molecular formula is C22H29N3O. The molecule has 4 nitrogen and oxygen atoms in total. The summed E-state index contributed by atoms with van der Waals surface area (Å²) in [7, 11) is 0. The molecule has 1 fully saturated rings. The highest BCUT2D eigenvalue weighted by Gasteiger charge is 2.15. The largest absolute Gasteiger partial charge is 0.357 e. The summed E-state index contributed by atoms with van der Waals surface area (Å²) >= 11 is 0. The molecule has 4 heteroatoms. The Morgan fingerprint density at radius 3 is 2.27 bits per heavy atom. The van der Waals surface area contributed by atoms with Crippen molar-refractivity contribution in [2.45, 2.75) is 51.9 Å². The average molecular weight is 351 g/mol. The Kier molecular flexibility index (Phi) is 5.60. The van der Waals surface area contributed by atoms with Crippen LogP contribution in [0.3, 0.4) is 0 Å². The molecule has 1 aromatic carbocycles. The zero-order chi connectivity index (χ0) is 18.6. The molecule has 26 heavy (non-hydrogen) atoms. The Bertz CT molecular complexity index is 739. The summed E-state index contributed by atoms with van der Waals surface area (Å²) in [6.45, 7) is 8.59. The van der Waals surface area contributed by atoms with Crippen LogP contribution in [-0.4, -0.2) is 24.0 Å². The fourth-order valence-electron chi connectivity index (χ4n) is 3.29. The normalized spacial score (nSPS) is 15.4. The molecule has 0 spiro atoms. The zero-order valence-corrected chi connectivity index (χ0v) is 16.1. The molecular weight excluding hydrogens is 322 g/mol. The van der Waals surface area contributed by atoms with E-state index in [1.165, 1.54) is 31.2 Å². The molecule has 0 unspecified atom stereocenters. The van der Waals surface area contributed by atoms with E-state index in [1.807, 2.05) is 18.2 Å². The number of nitrogens with zero attached hydrogens (tertiary/aromatic N) is 2. The number of aromatic nitrogens is 1. The first kappa shape index (κ1) is 18.4. The Morgan fingerprint density at radius 1 is 1.00 bits per heavy atom. The molecule has 0 atom stereocenters. The van der Waals surface area contributed by atoms with Gasteiger partial charge in [-0.2, -0.15) is 0 Å². The summed E-state index contributed by atoms with van der Waals surface area (Å²) in [4.78, 5) is 19.4. The van der Waals surface area contributed by atoms with Crippen molar-refractivity contribution in [2.24, 2.45) is 0 Å². The van der Waals surface area contributed by atoms with Gasteiger partial charge in [0.05, 0.1) is 0 Å². The highest BCUT2D eigenvalue weighted by molar-refractivity contribution is 6.04. The van der Waals surface area contributed by atoms with Crippen LogP contribution in [0.15, 0.2) is 42.6 Å². The van der Waals surface area contributed by atoms with Crippen LogP contribution in [0.1, 0.15) is 62.4 Å². The maximum absolute atomic E-state index is 12.6. The molecule has 0 bridgehead atoms. The topological polar surface area (TPSA) is 45.2 Å². The standard InChI is InChI=1S/C22H29N3O/c1-22(2,3)18-8-10-19(11-9-18)24-21(26)17-12-13-23-20(16-17)25-14-6-4-5-7-15-25/h8-13,16H,4-7,14-15H2,1-3H3,(H,24,26). The summed E-state index contributed by atoms with van der Waals surface area (Å²) in [6.07, 6.45) is 6.68. The smallest absolute Gasteiger partial charge is 0.255 e. The minimum absolute atomic E-state index is 0.0908. The number of hydrogen-bond acceptors (Lipinski definition) is 3. The molecule has 0 aliphatic carbocycles. The van der Waals surface area contributed by atoms with Gasteiger partial charge in [0.1, 0.15) is 5.82 Å². The van der Waals surface area contributed by atoms with E-state index < -0.39 is 0 Å². The average Bonchev–Trinajstić information content (AvgIpc) is 2.91. The summed E-state index contributed by atoms with van der Waals surface area (Å²) in [5.41, 5.74) is 2.83. The quantitative estimate of drug-likeness (QED) is 0.845. The fraction of sp³-hybridized carbons (Fsp3) is 0.455. The van der Waals surface area contributed by atoms with Gasteiger partial charge >= 0.3 is 0 Å². The van der Waals surface area contributed by atoms with Crippen molar-refractivity contribution in [3.8, 4) is 0 Å². The minimum atomic E-state index is -0.0908. The predicted molar refractivity (Wildman–Crippen MR) is 108 cm³/mol. The van der Waals surface area contributed by atoms with Crippen LogP contribution in [0.25, 0.3) is 0 Å². The molecule has 1 aliphatic rings. The summed E-state index contributed by atoms with van der Waals surface area (Å²) < 4.78 is 0. The number of amides is 1.